The zero-order valence-corrected chi connectivity index (χ0v) is 9.87. The molecule has 1 aliphatic rings. The molecule has 96 valence electrons. The molecular formula is C12H15N3O3. The summed E-state index contributed by atoms with van der Waals surface area (Å²) in [5.41, 5.74) is 0.935. The molecule has 0 bridgehead atoms. The van der Waals surface area contributed by atoms with E-state index in [-0.39, 0.29) is 6.03 Å². The quantitative estimate of drug-likeness (QED) is 0.831. The number of rotatable bonds is 3. The van der Waals surface area contributed by atoms with E-state index in [1.807, 2.05) is 0 Å². The van der Waals surface area contributed by atoms with E-state index in [2.05, 4.69) is 10.3 Å². The average Bonchev–Trinajstić information content (AvgIpc) is 2.86. The fourth-order valence-corrected chi connectivity index (χ4v) is 2.05. The summed E-state index contributed by atoms with van der Waals surface area (Å²) in [6.45, 7) is 0.878. The van der Waals surface area contributed by atoms with Crippen LogP contribution in [0.25, 0.3) is 0 Å². The molecule has 2 rings (SSSR count). The fourth-order valence-electron chi connectivity index (χ4n) is 2.05. The van der Waals surface area contributed by atoms with Crippen LogP contribution in [0.1, 0.15) is 18.4 Å². The smallest absolute Gasteiger partial charge is 0.326 e. The number of carbonyl (C=O) groups is 2. The fraction of sp³-hybridized carbons (Fsp3) is 0.417. The highest BCUT2D eigenvalue weighted by molar-refractivity contribution is 5.83. The second kappa shape index (κ2) is 5.48. The lowest BCUT2D eigenvalue weighted by Crippen LogP contribution is -2.45. The van der Waals surface area contributed by atoms with E-state index in [1.54, 1.807) is 24.5 Å². The van der Waals surface area contributed by atoms with Gasteiger partial charge in [-0.15, -0.1) is 0 Å². The lowest BCUT2D eigenvalue weighted by atomic mass is 10.2. The minimum absolute atomic E-state index is 0.322. The van der Waals surface area contributed by atoms with Gasteiger partial charge in [0, 0.05) is 25.5 Å². The number of hydrogen-bond acceptors (Lipinski definition) is 3. The Kier molecular flexibility index (Phi) is 3.76. The highest BCUT2D eigenvalue weighted by atomic mass is 16.4. The van der Waals surface area contributed by atoms with Gasteiger partial charge in [0.1, 0.15) is 6.04 Å². The molecule has 1 aromatic heterocycles. The minimum Gasteiger partial charge on any atom is -0.480 e. The standard InChI is InChI=1S/C12H15N3O3/c16-11(17)10-2-1-7-15(10)12(18)14-8-9-3-5-13-6-4-9/h3-6,10H,1-2,7-8H2,(H,14,18)(H,16,17)/t10-/m0/s1. The molecule has 1 aromatic rings. The first kappa shape index (κ1) is 12.3. The molecular weight excluding hydrogens is 234 g/mol. The maximum absolute atomic E-state index is 11.9. The molecule has 0 aliphatic carbocycles. The Morgan fingerprint density at radius 3 is 2.83 bits per heavy atom. The number of carbonyl (C=O) groups excluding carboxylic acids is 1. The second-order valence-corrected chi connectivity index (χ2v) is 4.20. The van der Waals surface area contributed by atoms with Gasteiger partial charge in [0.15, 0.2) is 0 Å². The van der Waals surface area contributed by atoms with Gasteiger partial charge in [0.2, 0.25) is 0 Å². The van der Waals surface area contributed by atoms with Crippen LogP contribution in [0.4, 0.5) is 4.79 Å². The molecule has 2 heterocycles. The van der Waals surface area contributed by atoms with Gasteiger partial charge < -0.3 is 15.3 Å². The van der Waals surface area contributed by atoms with Crippen molar-refractivity contribution in [3.8, 4) is 0 Å². The summed E-state index contributed by atoms with van der Waals surface area (Å²) >= 11 is 0. The van der Waals surface area contributed by atoms with E-state index in [0.29, 0.717) is 19.5 Å². The van der Waals surface area contributed by atoms with E-state index in [4.69, 9.17) is 5.11 Å². The summed E-state index contributed by atoms with van der Waals surface area (Å²) in [5, 5.41) is 11.7. The van der Waals surface area contributed by atoms with Crippen molar-refractivity contribution >= 4 is 12.0 Å². The number of pyridine rings is 1. The number of aliphatic carboxylic acids is 1. The van der Waals surface area contributed by atoms with Crippen LogP contribution < -0.4 is 5.32 Å². The van der Waals surface area contributed by atoms with Gasteiger partial charge in [-0.1, -0.05) is 0 Å². The number of carboxylic acids is 1. The molecule has 1 saturated heterocycles. The Balaban J connectivity index is 1.90. The first-order valence-electron chi connectivity index (χ1n) is 5.84. The zero-order valence-electron chi connectivity index (χ0n) is 9.87. The van der Waals surface area contributed by atoms with E-state index in [0.717, 1.165) is 12.0 Å². The molecule has 0 unspecified atom stereocenters. The molecule has 0 saturated carbocycles. The summed E-state index contributed by atoms with van der Waals surface area (Å²) < 4.78 is 0. The van der Waals surface area contributed by atoms with Gasteiger partial charge >= 0.3 is 12.0 Å². The summed E-state index contributed by atoms with van der Waals surface area (Å²) in [6.07, 6.45) is 4.56. The normalized spacial score (nSPS) is 18.7. The maximum Gasteiger partial charge on any atom is 0.326 e. The number of nitrogens with one attached hydrogen (secondary N) is 1. The molecule has 1 atom stereocenters. The third-order valence-corrected chi connectivity index (χ3v) is 2.99. The molecule has 0 spiro atoms. The third-order valence-electron chi connectivity index (χ3n) is 2.99. The molecule has 0 radical (unpaired) electrons. The van der Waals surface area contributed by atoms with E-state index in [9.17, 15) is 9.59 Å². The summed E-state index contributed by atoms with van der Waals surface area (Å²) in [7, 11) is 0. The number of urea groups is 1. The Morgan fingerprint density at radius 1 is 1.44 bits per heavy atom. The van der Waals surface area contributed by atoms with Crippen molar-refractivity contribution in [1.82, 2.24) is 15.2 Å². The van der Waals surface area contributed by atoms with Gasteiger partial charge in [-0.3, -0.25) is 4.98 Å². The van der Waals surface area contributed by atoms with Gasteiger partial charge in [-0.2, -0.15) is 0 Å². The van der Waals surface area contributed by atoms with Crippen molar-refractivity contribution in [2.75, 3.05) is 6.54 Å². The monoisotopic (exact) mass is 249 g/mol. The van der Waals surface area contributed by atoms with Crippen molar-refractivity contribution in [2.45, 2.75) is 25.4 Å². The van der Waals surface area contributed by atoms with Gasteiger partial charge in [0.05, 0.1) is 0 Å². The molecule has 0 aromatic carbocycles. The van der Waals surface area contributed by atoms with Gasteiger partial charge in [-0.25, -0.2) is 9.59 Å². The summed E-state index contributed by atoms with van der Waals surface area (Å²) in [5.74, 6) is -0.938. The number of hydrogen-bond donors (Lipinski definition) is 2. The highest BCUT2D eigenvalue weighted by Gasteiger charge is 2.33. The number of aromatic nitrogens is 1. The highest BCUT2D eigenvalue weighted by Crippen LogP contribution is 2.17. The molecule has 18 heavy (non-hydrogen) atoms. The number of nitrogens with zero attached hydrogens (tertiary/aromatic N) is 2. The van der Waals surface area contributed by atoms with Gasteiger partial charge in [0.25, 0.3) is 0 Å². The molecule has 2 N–H and O–H groups in total. The molecule has 6 heteroatoms. The van der Waals surface area contributed by atoms with Crippen LogP contribution in [0, 0.1) is 0 Å². The summed E-state index contributed by atoms with van der Waals surface area (Å²) in [4.78, 5) is 28.1. The minimum atomic E-state index is -0.938. The third kappa shape index (κ3) is 2.77. The van der Waals surface area contributed by atoms with Crippen LogP contribution in [0.3, 0.4) is 0 Å². The topological polar surface area (TPSA) is 82.5 Å². The number of likely N-dealkylation sites (tertiary alicyclic amines) is 1. The molecule has 1 fully saturated rings. The van der Waals surface area contributed by atoms with E-state index >= 15 is 0 Å². The van der Waals surface area contributed by atoms with Crippen molar-refractivity contribution < 1.29 is 14.7 Å². The number of amides is 2. The number of carboxylic acid groups (broad SMARTS) is 1. The largest absolute Gasteiger partial charge is 0.480 e. The maximum atomic E-state index is 11.9. The summed E-state index contributed by atoms with van der Waals surface area (Å²) in [6, 6.07) is 2.59. The van der Waals surface area contributed by atoms with Crippen LogP contribution in [0.15, 0.2) is 24.5 Å². The Bertz CT molecular complexity index is 435. The molecule has 2 amide bonds. The van der Waals surface area contributed by atoms with Gasteiger partial charge in [-0.05, 0) is 30.5 Å². The van der Waals surface area contributed by atoms with Crippen LogP contribution >= 0.6 is 0 Å². The van der Waals surface area contributed by atoms with Crippen LogP contribution in [0.2, 0.25) is 0 Å². The first-order valence-corrected chi connectivity index (χ1v) is 5.84. The lowest BCUT2D eigenvalue weighted by Gasteiger charge is -2.21. The van der Waals surface area contributed by atoms with Crippen molar-refractivity contribution in [3.63, 3.8) is 0 Å². The lowest BCUT2D eigenvalue weighted by molar-refractivity contribution is -0.141. The van der Waals surface area contributed by atoms with E-state index in [1.165, 1.54) is 4.90 Å². The second-order valence-electron chi connectivity index (χ2n) is 4.20. The van der Waals surface area contributed by atoms with Crippen molar-refractivity contribution in [1.29, 1.82) is 0 Å². The molecule has 1 aliphatic heterocycles. The predicted molar refractivity (Wildman–Crippen MR) is 63.8 cm³/mol. The molecule has 6 nitrogen and oxygen atoms in total. The van der Waals surface area contributed by atoms with Crippen LogP contribution in [-0.4, -0.2) is 39.6 Å². The van der Waals surface area contributed by atoms with Crippen LogP contribution in [0.5, 0.6) is 0 Å². The Hall–Kier alpha value is -2.11. The van der Waals surface area contributed by atoms with E-state index < -0.39 is 12.0 Å². The predicted octanol–water partition coefficient (Wildman–Crippen LogP) is 0.840. The Labute approximate surface area is 105 Å². The van der Waals surface area contributed by atoms with Crippen molar-refractivity contribution in [3.05, 3.63) is 30.1 Å². The Morgan fingerprint density at radius 2 is 2.17 bits per heavy atom. The van der Waals surface area contributed by atoms with Crippen molar-refractivity contribution in [2.24, 2.45) is 0 Å². The SMILES string of the molecule is O=C(O)[C@@H]1CCCN1C(=O)NCc1ccncc1. The first-order chi connectivity index (χ1) is 8.68. The van der Waals surface area contributed by atoms with Crippen LogP contribution in [-0.2, 0) is 11.3 Å². The average molecular weight is 249 g/mol. The zero-order chi connectivity index (χ0) is 13.0.